The molecule has 3 aromatic heterocycles. The third-order valence-electron chi connectivity index (χ3n) is 5.57. The zero-order valence-electron chi connectivity index (χ0n) is 18.9. The standard InChI is InChI=1S/C26H22N4O4/c1-32-20-12-15(13-21(33-2)25(20)34-3)23-24-17(16-8-4-5-9-18(16)28-24)14-19(29-23)26(31)30-22-10-6-7-11-27-22/h4-14,28H,1-3H3,(H,27,30,31). The predicted octanol–water partition coefficient (Wildman–Crippen LogP) is 5.06. The van der Waals surface area contributed by atoms with Crippen LogP contribution in [0, 0.1) is 0 Å². The number of anilines is 1. The second kappa shape index (κ2) is 8.74. The van der Waals surface area contributed by atoms with Crippen molar-refractivity contribution < 1.29 is 19.0 Å². The van der Waals surface area contributed by atoms with Gasteiger partial charge in [0.15, 0.2) is 11.5 Å². The summed E-state index contributed by atoms with van der Waals surface area (Å²) in [5.74, 6) is 1.55. The van der Waals surface area contributed by atoms with E-state index in [-0.39, 0.29) is 11.6 Å². The number of pyridine rings is 2. The Morgan fingerprint density at radius 2 is 1.62 bits per heavy atom. The molecule has 0 unspecified atom stereocenters. The van der Waals surface area contributed by atoms with Crippen molar-refractivity contribution in [2.75, 3.05) is 26.6 Å². The largest absolute Gasteiger partial charge is 0.493 e. The number of ether oxygens (including phenoxy) is 3. The summed E-state index contributed by atoms with van der Waals surface area (Å²) >= 11 is 0. The van der Waals surface area contributed by atoms with Gasteiger partial charge in [-0.05, 0) is 36.4 Å². The number of carbonyl (C=O) groups excluding carboxylic acids is 1. The van der Waals surface area contributed by atoms with Gasteiger partial charge < -0.3 is 24.5 Å². The fraction of sp³-hybridized carbons (Fsp3) is 0.115. The normalized spacial score (nSPS) is 10.9. The molecule has 34 heavy (non-hydrogen) atoms. The maximum absolute atomic E-state index is 13.2. The summed E-state index contributed by atoms with van der Waals surface area (Å²) in [6, 6.07) is 18.6. The molecule has 2 aromatic carbocycles. The van der Waals surface area contributed by atoms with E-state index >= 15 is 0 Å². The summed E-state index contributed by atoms with van der Waals surface area (Å²) < 4.78 is 16.5. The van der Waals surface area contributed by atoms with Gasteiger partial charge in [-0.3, -0.25) is 4.79 Å². The van der Waals surface area contributed by atoms with Gasteiger partial charge >= 0.3 is 0 Å². The van der Waals surface area contributed by atoms with Gasteiger partial charge in [-0.25, -0.2) is 9.97 Å². The van der Waals surface area contributed by atoms with E-state index in [0.29, 0.717) is 34.3 Å². The smallest absolute Gasteiger partial charge is 0.275 e. The van der Waals surface area contributed by atoms with Gasteiger partial charge in [-0.2, -0.15) is 0 Å². The average Bonchev–Trinajstić information content (AvgIpc) is 3.26. The van der Waals surface area contributed by atoms with E-state index in [4.69, 9.17) is 19.2 Å². The van der Waals surface area contributed by atoms with Gasteiger partial charge in [-0.15, -0.1) is 0 Å². The number of aromatic nitrogens is 3. The molecule has 5 rings (SSSR count). The Bertz CT molecular complexity index is 1490. The number of H-pyrrole nitrogens is 1. The van der Waals surface area contributed by atoms with Crippen molar-refractivity contribution >= 4 is 33.5 Å². The number of methoxy groups -OCH3 is 3. The Balaban J connectivity index is 1.75. The first-order valence-corrected chi connectivity index (χ1v) is 10.6. The zero-order chi connectivity index (χ0) is 23.7. The van der Waals surface area contributed by atoms with Crippen LogP contribution >= 0.6 is 0 Å². The molecule has 0 bridgehead atoms. The maximum Gasteiger partial charge on any atom is 0.275 e. The van der Waals surface area contributed by atoms with Crippen molar-refractivity contribution in [2.45, 2.75) is 0 Å². The summed E-state index contributed by atoms with van der Waals surface area (Å²) in [4.78, 5) is 25.5. The molecular formula is C26H22N4O4. The molecular weight excluding hydrogens is 432 g/mol. The lowest BCUT2D eigenvalue weighted by Crippen LogP contribution is -2.15. The highest BCUT2D eigenvalue weighted by Crippen LogP contribution is 2.42. The van der Waals surface area contributed by atoms with E-state index in [2.05, 4.69) is 15.3 Å². The fourth-order valence-electron chi connectivity index (χ4n) is 4.01. The lowest BCUT2D eigenvalue weighted by molar-refractivity contribution is 0.102. The molecule has 2 N–H and O–H groups in total. The van der Waals surface area contributed by atoms with Crippen molar-refractivity contribution in [2.24, 2.45) is 0 Å². The first kappa shape index (κ1) is 21.3. The van der Waals surface area contributed by atoms with E-state index in [1.165, 1.54) is 0 Å². The van der Waals surface area contributed by atoms with Gasteiger partial charge in [0.1, 0.15) is 11.5 Å². The number of para-hydroxylation sites is 1. The van der Waals surface area contributed by atoms with Crippen molar-refractivity contribution in [3.8, 4) is 28.5 Å². The van der Waals surface area contributed by atoms with Crippen molar-refractivity contribution in [1.29, 1.82) is 0 Å². The Morgan fingerprint density at radius 1 is 0.882 bits per heavy atom. The molecule has 0 spiro atoms. The van der Waals surface area contributed by atoms with Crippen LogP contribution in [0.15, 0.2) is 66.9 Å². The second-order valence-electron chi connectivity index (χ2n) is 7.53. The third kappa shape index (κ3) is 3.65. The number of hydrogen-bond acceptors (Lipinski definition) is 6. The number of rotatable bonds is 6. The number of fused-ring (bicyclic) bond motifs is 3. The summed E-state index contributed by atoms with van der Waals surface area (Å²) in [6.07, 6.45) is 1.62. The second-order valence-corrected chi connectivity index (χ2v) is 7.53. The van der Waals surface area contributed by atoms with E-state index < -0.39 is 0 Å². The lowest BCUT2D eigenvalue weighted by atomic mass is 10.0. The van der Waals surface area contributed by atoms with Crippen molar-refractivity contribution in [3.63, 3.8) is 0 Å². The molecule has 0 aliphatic heterocycles. The first-order valence-electron chi connectivity index (χ1n) is 10.6. The molecule has 3 heterocycles. The molecule has 8 heteroatoms. The van der Waals surface area contributed by atoms with Gasteiger partial charge in [-0.1, -0.05) is 24.3 Å². The minimum absolute atomic E-state index is 0.256. The number of carbonyl (C=O) groups is 1. The predicted molar refractivity (Wildman–Crippen MR) is 131 cm³/mol. The highest BCUT2D eigenvalue weighted by Gasteiger charge is 2.21. The molecule has 0 aliphatic rings. The van der Waals surface area contributed by atoms with E-state index in [0.717, 1.165) is 21.8 Å². The van der Waals surface area contributed by atoms with Crippen molar-refractivity contribution in [3.05, 3.63) is 72.6 Å². The van der Waals surface area contributed by atoms with E-state index in [9.17, 15) is 4.79 Å². The maximum atomic E-state index is 13.2. The van der Waals surface area contributed by atoms with Crippen LogP contribution in [0.5, 0.6) is 17.2 Å². The summed E-state index contributed by atoms with van der Waals surface area (Å²) in [5, 5.41) is 4.68. The third-order valence-corrected chi connectivity index (χ3v) is 5.57. The zero-order valence-corrected chi connectivity index (χ0v) is 18.9. The molecule has 0 fully saturated rings. The highest BCUT2D eigenvalue weighted by molar-refractivity contribution is 6.14. The average molecular weight is 454 g/mol. The van der Waals surface area contributed by atoms with Crippen LogP contribution in [0.1, 0.15) is 10.5 Å². The fourth-order valence-corrected chi connectivity index (χ4v) is 4.01. The molecule has 1 amide bonds. The number of amides is 1. The SMILES string of the molecule is COc1cc(-c2nc(C(=O)Nc3ccccn3)cc3c2[nH]c2ccccc23)cc(OC)c1OC. The number of aromatic amines is 1. The number of nitrogens with zero attached hydrogens (tertiary/aromatic N) is 2. The molecule has 0 saturated heterocycles. The molecule has 0 aliphatic carbocycles. The topological polar surface area (TPSA) is 98.4 Å². The summed E-state index contributed by atoms with van der Waals surface area (Å²) in [5.41, 5.74) is 3.28. The molecule has 170 valence electrons. The van der Waals surface area contributed by atoms with Crippen molar-refractivity contribution in [1.82, 2.24) is 15.0 Å². The summed E-state index contributed by atoms with van der Waals surface area (Å²) in [7, 11) is 4.67. The molecule has 0 radical (unpaired) electrons. The minimum atomic E-state index is -0.362. The molecule has 0 saturated carbocycles. The van der Waals surface area contributed by atoms with Crippen LogP contribution in [0.4, 0.5) is 5.82 Å². The van der Waals surface area contributed by atoms with E-state index in [1.807, 2.05) is 36.4 Å². The Labute approximate surface area is 195 Å². The molecule has 0 atom stereocenters. The van der Waals surface area contributed by atoms with Gasteiger partial charge in [0.05, 0.1) is 32.5 Å². The monoisotopic (exact) mass is 454 g/mol. The number of hydrogen-bond donors (Lipinski definition) is 2. The Hall–Kier alpha value is -4.59. The van der Waals surface area contributed by atoms with Crippen LogP contribution in [0.25, 0.3) is 33.1 Å². The van der Waals surface area contributed by atoms with Crippen LogP contribution in [0.2, 0.25) is 0 Å². The Kier molecular flexibility index (Phi) is 5.47. The first-order chi connectivity index (χ1) is 16.6. The van der Waals surface area contributed by atoms with Gasteiger partial charge in [0.2, 0.25) is 5.75 Å². The lowest BCUT2D eigenvalue weighted by Gasteiger charge is -2.15. The van der Waals surface area contributed by atoms with Crippen LogP contribution < -0.4 is 19.5 Å². The van der Waals surface area contributed by atoms with Gasteiger partial charge in [0.25, 0.3) is 5.91 Å². The highest BCUT2D eigenvalue weighted by atomic mass is 16.5. The van der Waals surface area contributed by atoms with Crippen LogP contribution in [-0.2, 0) is 0 Å². The van der Waals surface area contributed by atoms with Crippen LogP contribution in [-0.4, -0.2) is 42.2 Å². The number of benzene rings is 2. The van der Waals surface area contributed by atoms with Crippen LogP contribution in [0.3, 0.4) is 0 Å². The minimum Gasteiger partial charge on any atom is -0.493 e. The summed E-state index contributed by atoms with van der Waals surface area (Å²) in [6.45, 7) is 0. The number of nitrogens with one attached hydrogen (secondary N) is 2. The van der Waals surface area contributed by atoms with Gasteiger partial charge in [0, 0.05) is 28.0 Å². The molecule has 8 nitrogen and oxygen atoms in total. The Morgan fingerprint density at radius 3 is 2.29 bits per heavy atom. The quantitative estimate of drug-likeness (QED) is 0.372. The van der Waals surface area contributed by atoms with E-state index in [1.54, 1.807) is 51.8 Å². The molecule has 5 aromatic rings.